The fraction of sp³-hybridized carbons (Fsp3) is 0.235. The first-order valence-corrected chi connectivity index (χ1v) is 7.44. The van der Waals surface area contributed by atoms with Crippen molar-refractivity contribution in [2.75, 3.05) is 0 Å². The predicted octanol–water partition coefficient (Wildman–Crippen LogP) is 5.30. The summed E-state index contributed by atoms with van der Waals surface area (Å²) >= 11 is 11.8. The van der Waals surface area contributed by atoms with Crippen LogP contribution in [0.1, 0.15) is 35.2 Å². The van der Waals surface area contributed by atoms with Crippen LogP contribution in [0.2, 0.25) is 10.0 Å². The van der Waals surface area contributed by atoms with E-state index in [0.29, 0.717) is 10.0 Å². The molecule has 1 saturated carbocycles. The zero-order valence-electron chi connectivity index (χ0n) is 10.9. The van der Waals surface area contributed by atoms with Crippen LogP contribution in [0.5, 0.6) is 0 Å². The highest BCUT2D eigenvalue weighted by atomic mass is 35.5. The number of halogens is 2. The van der Waals surface area contributed by atoms with Crippen LogP contribution in [0.3, 0.4) is 0 Å². The first-order chi connectivity index (χ1) is 9.62. The second kappa shape index (κ2) is 5.23. The van der Waals surface area contributed by atoms with Gasteiger partial charge in [-0.1, -0.05) is 41.8 Å². The van der Waals surface area contributed by atoms with Crippen molar-refractivity contribution in [1.29, 1.82) is 0 Å². The summed E-state index contributed by atoms with van der Waals surface area (Å²) in [6.45, 7) is 0. The van der Waals surface area contributed by atoms with Crippen LogP contribution in [-0.4, -0.2) is 5.78 Å². The molecule has 0 atom stereocenters. The van der Waals surface area contributed by atoms with E-state index in [9.17, 15) is 4.79 Å². The summed E-state index contributed by atoms with van der Waals surface area (Å²) in [5.74, 6) is 0.183. The summed E-state index contributed by atoms with van der Waals surface area (Å²) in [5, 5.41) is 1.35. The van der Waals surface area contributed by atoms with Crippen molar-refractivity contribution in [3.05, 3.63) is 69.7 Å². The lowest BCUT2D eigenvalue weighted by atomic mass is 9.61. The van der Waals surface area contributed by atoms with Gasteiger partial charge in [-0.3, -0.25) is 4.79 Å². The molecule has 0 amide bonds. The van der Waals surface area contributed by atoms with E-state index in [1.165, 1.54) is 0 Å². The van der Waals surface area contributed by atoms with Crippen LogP contribution < -0.4 is 0 Å². The monoisotopic (exact) mass is 304 g/mol. The third kappa shape index (κ3) is 2.25. The van der Waals surface area contributed by atoms with E-state index in [0.717, 1.165) is 30.4 Å². The summed E-state index contributed by atoms with van der Waals surface area (Å²) in [6.07, 6.45) is 2.88. The number of carbonyl (C=O) groups excluding carboxylic acids is 1. The quantitative estimate of drug-likeness (QED) is 0.703. The summed E-state index contributed by atoms with van der Waals surface area (Å²) in [5.41, 5.74) is 1.41. The maximum Gasteiger partial charge on any atom is 0.173 e. The third-order valence-electron chi connectivity index (χ3n) is 4.14. The Morgan fingerprint density at radius 3 is 1.80 bits per heavy atom. The standard InChI is InChI=1S/C17H14Cl2O/c18-14-6-2-12(3-7-14)16(20)17(10-1-11-17)13-4-8-15(19)9-5-13/h2-9H,1,10-11H2. The molecule has 3 rings (SSSR count). The number of rotatable bonds is 3. The van der Waals surface area contributed by atoms with Crippen LogP contribution >= 0.6 is 23.2 Å². The number of Topliss-reactive ketones (excluding diaryl/α,β-unsaturated/α-hetero) is 1. The second-order valence-electron chi connectivity index (χ2n) is 5.28. The molecule has 2 aromatic rings. The molecule has 0 spiro atoms. The van der Waals surface area contributed by atoms with Gasteiger partial charge in [0, 0.05) is 15.6 Å². The van der Waals surface area contributed by atoms with Crippen LogP contribution in [0.15, 0.2) is 48.5 Å². The Morgan fingerprint density at radius 2 is 1.35 bits per heavy atom. The molecule has 0 unspecified atom stereocenters. The molecule has 2 aromatic carbocycles. The average molecular weight is 305 g/mol. The van der Waals surface area contributed by atoms with Gasteiger partial charge in [0.05, 0.1) is 5.41 Å². The van der Waals surface area contributed by atoms with Crippen molar-refractivity contribution in [3.8, 4) is 0 Å². The molecule has 1 nitrogen and oxygen atoms in total. The van der Waals surface area contributed by atoms with Gasteiger partial charge >= 0.3 is 0 Å². The summed E-state index contributed by atoms with van der Waals surface area (Å²) in [4.78, 5) is 12.9. The second-order valence-corrected chi connectivity index (χ2v) is 6.15. The molecule has 1 aliphatic carbocycles. The van der Waals surface area contributed by atoms with E-state index < -0.39 is 0 Å². The van der Waals surface area contributed by atoms with Crippen LogP contribution in [0.25, 0.3) is 0 Å². The van der Waals surface area contributed by atoms with Crippen molar-refractivity contribution in [3.63, 3.8) is 0 Å². The first-order valence-electron chi connectivity index (χ1n) is 6.68. The van der Waals surface area contributed by atoms with Crippen LogP contribution in [0, 0.1) is 0 Å². The largest absolute Gasteiger partial charge is 0.293 e. The van der Waals surface area contributed by atoms with Crippen molar-refractivity contribution in [1.82, 2.24) is 0 Å². The van der Waals surface area contributed by atoms with Crippen LogP contribution in [-0.2, 0) is 5.41 Å². The Labute approximate surface area is 128 Å². The van der Waals surface area contributed by atoms with Gasteiger partial charge in [-0.15, -0.1) is 0 Å². The molecule has 0 bridgehead atoms. The van der Waals surface area contributed by atoms with E-state index in [-0.39, 0.29) is 11.2 Å². The fourth-order valence-electron chi connectivity index (χ4n) is 2.82. The van der Waals surface area contributed by atoms with Gasteiger partial charge in [-0.05, 0) is 54.8 Å². The molecule has 0 aliphatic heterocycles. The van der Waals surface area contributed by atoms with E-state index in [2.05, 4.69) is 0 Å². The Bertz CT molecular complexity index is 625. The Kier molecular flexibility index (Phi) is 3.57. The Balaban J connectivity index is 1.98. The zero-order valence-corrected chi connectivity index (χ0v) is 12.4. The Morgan fingerprint density at radius 1 is 0.850 bits per heavy atom. The minimum Gasteiger partial charge on any atom is -0.293 e. The summed E-state index contributed by atoms with van der Waals surface area (Å²) in [6, 6.07) is 14.8. The van der Waals surface area contributed by atoms with Gasteiger partial charge in [-0.2, -0.15) is 0 Å². The van der Waals surface area contributed by atoms with Gasteiger partial charge in [-0.25, -0.2) is 0 Å². The van der Waals surface area contributed by atoms with Gasteiger partial charge in [0.2, 0.25) is 0 Å². The third-order valence-corrected chi connectivity index (χ3v) is 4.65. The minimum atomic E-state index is -0.377. The number of benzene rings is 2. The van der Waals surface area contributed by atoms with Gasteiger partial charge in [0.1, 0.15) is 0 Å². The van der Waals surface area contributed by atoms with E-state index in [4.69, 9.17) is 23.2 Å². The van der Waals surface area contributed by atoms with Crippen molar-refractivity contribution in [2.24, 2.45) is 0 Å². The molecule has 0 heterocycles. The summed E-state index contributed by atoms with van der Waals surface area (Å²) < 4.78 is 0. The van der Waals surface area contributed by atoms with Gasteiger partial charge < -0.3 is 0 Å². The number of ketones is 1. The number of carbonyl (C=O) groups is 1. The molecule has 0 aromatic heterocycles. The number of hydrogen-bond donors (Lipinski definition) is 0. The topological polar surface area (TPSA) is 17.1 Å². The average Bonchev–Trinajstić information content (AvgIpc) is 2.40. The molecule has 0 radical (unpaired) electrons. The molecule has 0 saturated heterocycles. The molecular formula is C17H14Cl2O. The predicted molar refractivity (Wildman–Crippen MR) is 82.8 cm³/mol. The van der Waals surface area contributed by atoms with Crippen molar-refractivity contribution < 1.29 is 4.79 Å². The molecular weight excluding hydrogens is 291 g/mol. The number of hydrogen-bond acceptors (Lipinski definition) is 1. The molecule has 102 valence electrons. The normalized spacial score (nSPS) is 16.5. The van der Waals surface area contributed by atoms with E-state index >= 15 is 0 Å². The van der Waals surface area contributed by atoms with Gasteiger partial charge in [0.25, 0.3) is 0 Å². The summed E-state index contributed by atoms with van der Waals surface area (Å²) in [7, 11) is 0. The molecule has 1 aliphatic rings. The lowest BCUT2D eigenvalue weighted by molar-refractivity contribution is 0.0789. The van der Waals surface area contributed by atoms with E-state index in [1.54, 1.807) is 24.3 Å². The minimum absolute atomic E-state index is 0.183. The highest BCUT2D eigenvalue weighted by molar-refractivity contribution is 6.31. The molecule has 20 heavy (non-hydrogen) atoms. The molecule has 0 N–H and O–H groups in total. The highest BCUT2D eigenvalue weighted by Gasteiger charge is 2.45. The lowest BCUT2D eigenvalue weighted by Gasteiger charge is -2.41. The fourth-order valence-corrected chi connectivity index (χ4v) is 3.08. The molecule has 1 fully saturated rings. The lowest BCUT2D eigenvalue weighted by Crippen LogP contribution is -2.42. The first kappa shape index (κ1) is 13.7. The maximum absolute atomic E-state index is 12.9. The van der Waals surface area contributed by atoms with Crippen LogP contribution in [0.4, 0.5) is 0 Å². The molecule has 3 heteroatoms. The maximum atomic E-state index is 12.9. The Hall–Kier alpha value is -1.31. The van der Waals surface area contributed by atoms with Gasteiger partial charge in [0.15, 0.2) is 5.78 Å². The smallest absolute Gasteiger partial charge is 0.173 e. The van der Waals surface area contributed by atoms with Crippen molar-refractivity contribution >= 4 is 29.0 Å². The highest BCUT2D eigenvalue weighted by Crippen LogP contribution is 2.46. The van der Waals surface area contributed by atoms with E-state index in [1.807, 2.05) is 24.3 Å². The zero-order chi connectivity index (χ0) is 14.2. The van der Waals surface area contributed by atoms with Crippen molar-refractivity contribution in [2.45, 2.75) is 24.7 Å². The SMILES string of the molecule is O=C(c1ccc(Cl)cc1)C1(c2ccc(Cl)cc2)CCC1.